The van der Waals surface area contributed by atoms with Gasteiger partial charge < -0.3 is 10.1 Å². The van der Waals surface area contributed by atoms with E-state index in [-0.39, 0.29) is 5.92 Å². The highest BCUT2D eigenvalue weighted by molar-refractivity contribution is 7.89. The molecule has 6 heteroatoms. The molecular weight excluding hydrogens is 288 g/mol. The normalized spacial score (nSPS) is 19.6. The molecule has 1 aliphatic heterocycles. The van der Waals surface area contributed by atoms with Crippen LogP contribution in [0.5, 0.6) is 0 Å². The Hall–Kier alpha value is -0.950. The van der Waals surface area contributed by atoms with Crippen LogP contribution in [-0.2, 0) is 21.3 Å². The molecule has 1 atom stereocenters. The van der Waals surface area contributed by atoms with E-state index in [1.807, 2.05) is 20.0 Å². The van der Waals surface area contributed by atoms with Crippen LogP contribution in [0.4, 0.5) is 0 Å². The Balaban J connectivity index is 2.06. The van der Waals surface area contributed by atoms with Crippen LogP contribution in [-0.4, -0.2) is 35.2 Å². The number of sulfonamides is 1. The smallest absolute Gasteiger partial charge is 0.240 e. The van der Waals surface area contributed by atoms with E-state index in [1.165, 1.54) is 0 Å². The molecule has 1 aromatic carbocycles. The summed E-state index contributed by atoms with van der Waals surface area (Å²) >= 11 is 0. The molecule has 0 amide bonds. The van der Waals surface area contributed by atoms with E-state index in [2.05, 4.69) is 10.0 Å². The molecule has 0 spiro atoms. The number of hydrogen-bond acceptors (Lipinski definition) is 4. The standard InChI is InChI=1S/C15H24N2O3S/c1-12-5-6-15(8-14(12)10-16-2)21(18,19)17-9-13-4-3-7-20-11-13/h5-6,8,13,16-17H,3-4,7,9-11H2,1-2H3. The van der Waals surface area contributed by atoms with Crippen molar-refractivity contribution in [3.8, 4) is 0 Å². The van der Waals surface area contributed by atoms with Crippen LogP contribution >= 0.6 is 0 Å². The molecule has 0 aromatic heterocycles. The minimum Gasteiger partial charge on any atom is -0.381 e. The molecule has 2 rings (SSSR count). The minimum atomic E-state index is -3.45. The zero-order chi connectivity index (χ0) is 15.3. The lowest BCUT2D eigenvalue weighted by molar-refractivity contribution is 0.0568. The first-order valence-corrected chi connectivity index (χ1v) is 8.83. The molecule has 2 N–H and O–H groups in total. The fourth-order valence-corrected chi connectivity index (χ4v) is 3.64. The molecular formula is C15H24N2O3S. The second-order valence-corrected chi connectivity index (χ2v) is 7.32. The monoisotopic (exact) mass is 312 g/mol. The maximum absolute atomic E-state index is 12.4. The molecule has 0 saturated carbocycles. The summed E-state index contributed by atoms with van der Waals surface area (Å²) in [6.07, 6.45) is 2.02. The molecule has 0 bridgehead atoms. The fraction of sp³-hybridized carbons (Fsp3) is 0.600. The second-order valence-electron chi connectivity index (χ2n) is 5.55. The van der Waals surface area contributed by atoms with E-state index in [1.54, 1.807) is 12.1 Å². The lowest BCUT2D eigenvalue weighted by Crippen LogP contribution is -2.33. The average Bonchev–Trinajstić information content (AvgIpc) is 2.49. The fourth-order valence-electron chi connectivity index (χ4n) is 2.48. The van der Waals surface area contributed by atoms with Crippen LogP contribution in [0.15, 0.2) is 23.1 Å². The maximum atomic E-state index is 12.4. The number of ether oxygens (including phenoxy) is 1. The quantitative estimate of drug-likeness (QED) is 0.834. The van der Waals surface area contributed by atoms with Crippen molar-refractivity contribution in [2.75, 3.05) is 26.8 Å². The van der Waals surface area contributed by atoms with Crippen LogP contribution < -0.4 is 10.0 Å². The van der Waals surface area contributed by atoms with Gasteiger partial charge in [0.15, 0.2) is 0 Å². The van der Waals surface area contributed by atoms with E-state index in [4.69, 9.17) is 4.74 Å². The summed E-state index contributed by atoms with van der Waals surface area (Å²) in [6.45, 7) is 4.51. The zero-order valence-corrected chi connectivity index (χ0v) is 13.5. The van der Waals surface area contributed by atoms with Crippen molar-refractivity contribution in [3.05, 3.63) is 29.3 Å². The highest BCUT2D eigenvalue weighted by Crippen LogP contribution is 2.17. The third-order valence-corrected chi connectivity index (χ3v) is 5.24. The van der Waals surface area contributed by atoms with E-state index < -0.39 is 10.0 Å². The summed E-state index contributed by atoms with van der Waals surface area (Å²) in [5.41, 5.74) is 2.09. The van der Waals surface area contributed by atoms with Crippen molar-refractivity contribution in [3.63, 3.8) is 0 Å². The van der Waals surface area contributed by atoms with Gasteiger partial charge in [0.1, 0.15) is 0 Å². The summed E-state index contributed by atoms with van der Waals surface area (Å²) in [4.78, 5) is 0.329. The van der Waals surface area contributed by atoms with Gasteiger partial charge in [-0.2, -0.15) is 0 Å². The number of aryl methyl sites for hydroxylation is 1. The molecule has 1 aliphatic rings. The van der Waals surface area contributed by atoms with E-state index in [0.717, 1.165) is 30.6 Å². The van der Waals surface area contributed by atoms with Crippen molar-refractivity contribution < 1.29 is 13.2 Å². The van der Waals surface area contributed by atoms with Crippen molar-refractivity contribution in [2.45, 2.75) is 31.2 Å². The van der Waals surface area contributed by atoms with Crippen LogP contribution in [0.1, 0.15) is 24.0 Å². The van der Waals surface area contributed by atoms with Crippen LogP contribution in [0, 0.1) is 12.8 Å². The summed E-state index contributed by atoms with van der Waals surface area (Å²) in [5, 5.41) is 3.06. The number of rotatable bonds is 6. The summed E-state index contributed by atoms with van der Waals surface area (Å²) in [7, 11) is -1.60. The molecule has 1 aromatic rings. The predicted octanol–water partition coefficient (Wildman–Crippen LogP) is 1.42. The Morgan fingerprint density at radius 3 is 2.86 bits per heavy atom. The van der Waals surface area contributed by atoms with Crippen molar-refractivity contribution in [1.29, 1.82) is 0 Å². The first-order chi connectivity index (χ1) is 10.0. The third kappa shape index (κ3) is 4.51. The van der Waals surface area contributed by atoms with Crippen LogP contribution in [0.2, 0.25) is 0 Å². The largest absolute Gasteiger partial charge is 0.381 e. The van der Waals surface area contributed by atoms with E-state index in [9.17, 15) is 8.42 Å². The van der Waals surface area contributed by atoms with Crippen LogP contribution in [0.3, 0.4) is 0 Å². The molecule has 1 fully saturated rings. The van der Waals surface area contributed by atoms with Gasteiger partial charge in [-0.25, -0.2) is 13.1 Å². The van der Waals surface area contributed by atoms with Crippen molar-refractivity contribution in [1.82, 2.24) is 10.0 Å². The van der Waals surface area contributed by atoms with E-state index in [0.29, 0.717) is 24.6 Å². The summed E-state index contributed by atoms with van der Waals surface area (Å²) < 4.78 is 32.8. The molecule has 1 unspecified atom stereocenters. The average molecular weight is 312 g/mol. The Kier molecular flexibility index (Phi) is 5.75. The molecule has 118 valence electrons. The molecule has 5 nitrogen and oxygen atoms in total. The van der Waals surface area contributed by atoms with Gasteiger partial charge in [-0.05, 0) is 56.0 Å². The first-order valence-electron chi connectivity index (χ1n) is 7.34. The summed E-state index contributed by atoms with van der Waals surface area (Å²) in [5.74, 6) is 0.274. The lowest BCUT2D eigenvalue weighted by atomic mass is 10.0. The molecule has 0 radical (unpaired) electrons. The topological polar surface area (TPSA) is 67.4 Å². The SMILES string of the molecule is CNCc1cc(S(=O)(=O)NCC2CCCOC2)ccc1C. The highest BCUT2D eigenvalue weighted by Gasteiger charge is 2.19. The first kappa shape index (κ1) is 16.4. The van der Waals surface area contributed by atoms with Gasteiger partial charge in [0, 0.05) is 19.7 Å². The second kappa shape index (κ2) is 7.35. The predicted molar refractivity (Wildman–Crippen MR) is 82.7 cm³/mol. The van der Waals surface area contributed by atoms with Crippen LogP contribution in [0.25, 0.3) is 0 Å². The highest BCUT2D eigenvalue weighted by atomic mass is 32.2. The van der Waals surface area contributed by atoms with Gasteiger partial charge in [-0.3, -0.25) is 0 Å². The molecule has 21 heavy (non-hydrogen) atoms. The Morgan fingerprint density at radius 2 is 2.19 bits per heavy atom. The molecule has 1 heterocycles. The van der Waals surface area contributed by atoms with E-state index >= 15 is 0 Å². The van der Waals surface area contributed by atoms with Gasteiger partial charge in [-0.1, -0.05) is 6.07 Å². The van der Waals surface area contributed by atoms with Gasteiger partial charge in [-0.15, -0.1) is 0 Å². The lowest BCUT2D eigenvalue weighted by Gasteiger charge is -2.22. The van der Waals surface area contributed by atoms with Gasteiger partial charge in [0.2, 0.25) is 10.0 Å². The maximum Gasteiger partial charge on any atom is 0.240 e. The number of nitrogens with one attached hydrogen (secondary N) is 2. The molecule has 1 saturated heterocycles. The van der Waals surface area contributed by atoms with Crippen molar-refractivity contribution >= 4 is 10.0 Å². The van der Waals surface area contributed by atoms with Gasteiger partial charge in [0.25, 0.3) is 0 Å². The van der Waals surface area contributed by atoms with Gasteiger partial charge >= 0.3 is 0 Å². The third-order valence-electron chi connectivity index (χ3n) is 3.81. The Labute approximate surface area is 127 Å². The van der Waals surface area contributed by atoms with Crippen molar-refractivity contribution in [2.24, 2.45) is 5.92 Å². The summed E-state index contributed by atoms with van der Waals surface area (Å²) in [6, 6.07) is 5.25. The number of benzene rings is 1. The Morgan fingerprint density at radius 1 is 1.38 bits per heavy atom. The molecule has 0 aliphatic carbocycles. The van der Waals surface area contributed by atoms with Gasteiger partial charge in [0.05, 0.1) is 11.5 Å². The Bertz CT molecular complexity index is 566. The minimum absolute atomic E-state index is 0.274. The zero-order valence-electron chi connectivity index (χ0n) is 12.7. The number of hydrogen-bond donors (Lipinski definition) is 2.